The summed E-state index contributed by atoms with van der Waals surface area (Å²) in [6.45, 7) is 3.21. The van der Waals surface area contributed by atoms with Crippen molar-refractivity contribution in [3.63, 3.8) is 0 Å². The Morgan fingerprint density at radius 2 is 1.75 bits per heavy atom. The van der Waals surface area contributed by atoms with E-state index in [1.54, 1.807) is 19.1 Å². The number of likely N-dealkylation sites (N-methyl/N-ethyl adjacent to an activating group) is 1. The van der Waals surface area contributed by atoms with Crippen LogP contribution in [0, 0.1) is 19.7 Å². The minimum Gasteiger partial charge on any atom is -0.325 e. The molecule has 5 nitrogen and oxygen atoms in total. The van der Waals surface area contributed by atoms with Crippen LogP contribution < -0.4 is 5.32 Å². The van der Waals surface area contributed by atoms with Crippen LogP contribution in [0.5, 0.6) is 0 Å². The number of halogens is 1. The second kappa shape index (κ2) is 7.11. The standard InChI is InChI=1S/C17H19FN2O3S/c1-12-4-8-15(9-5-12)24(22,23)20(3)11-17(21)19-16-10-14(18)7-6-13(16)2/h4-10H,11H2,1-3H3,(H,19,21). The molecule has 2 aromatic rings. The molecule has 0 aliphatic carbocycles. The van der Waals surface area contributed by atoms with Gasteiger partial charge in [-0.2, -0.15) is 4.31 Å². The van der Waals surface area contributed by atoms with E-state index in [9.17, 15) is 17.6 Å². The van der Waals surface area contributed by atoms with Gasteiger partial charge < -0.3 is 5.32 Å². The Labute approximate surface area is 141 Å². The summed E-state index contributed by atoms with van der Waals surface area (Å²) in [5, 5.41) is 2.53. The number of hydrogen-bond acceptors (Lipinski definition) is 3. The monoisotopic (exact) mass is 350 g/mol. The van der Waals surface area contributed by atoms with Gasteiger partial charge in [-0.1, -0.05) is 23.8 Å². The van der Waals surface area contributed by atoms with E-state index in [1.165, 1.54) is 37.4 Å². The van der Waals surface area contributed by atoms with Crippen molar-refractivity contribution in [1.29, 1.82) is 0 Å². The van der Waals surface area contributed by atoms with E-state index in [1.807, 2.05) is 6.92 Å². The van der Waals surface area contributed by atoms with Gasteiger partial charge in [0.1, 0.15) is 5.82 Å². The maximum atomic E-state index is 13.2. The number of hydrogen-bond donors (Lipinski definition) is 1. The summed E-state index contributed by atoms with van der Waals surface area (Å²) >= 11 is 0. The number of nitrogens with one attached hydrogen (secondary N) is 1. The molecule has 1 amide bonds. The third kappa shape index (κ3) is 4.18. The number of rotatable bonds is 5. The van der Waals surface area contributed by atoms with Crippen LogP contribution in [0.15, 0.2) is 47.4 Å². The number of anilines is 1. The number of carbonyl (C=O) groups excluding carboxylic acids is 1. The van der Waals surface area contributed by atoms with E-state index in [0.717, 1.165) is 9.87 Å². The number of sulfonamides is 1. The molecule has 0 radical (unpaired) electrons. The van der Waals surface area contributed by atoms with Crippen molar-refractivity contribution in [2.75, 3.05) is 18.9 Å². The quantitative estimate of drug-likeness (QED) is 0.902. The fraction of sp³-hybridized carbons (Fsp3) is 0.235. The van der Waals surface area contributed by atoms with Crippen LogP contribution in [0.1, 0.15) is 11.1 Å². The molecule has 0 unspecified atom stereocenters. The first kappa shape index (κ1) is 18.1. The number of nitrogens with zero attached hydrogens (tertiary/aromatic N) is 1. The molecule has 0 aliphatic rings. The van der Waals surface area contributed by atoms with Gasteiger partial charge in [-0.15, -0.1) is 0 Å². The van der Waals surface area contributed by atoms with E-state index in [0.29, 0.717) is 11.3 Å². The summed E-state index contributed by atoms with van der Waals surface area (Å²) < 4.78 is 39.1. The van der Waals surface area contributed by atoms with Crippen molar-refractivity contribution in [2.45, 2.75) is 18.7 Å². The van der Waals surface area contributed by atoms with Gasteiger partial charge in [0.25, 0.3) is 0 Å². The maximum Gasteiger partial charge on any atom is 0.243 e. The highest BCUT2D eigenvalue weighted by Gasteiger charge is 2.23. The van der Waals surface area contributed by atoms with Crippen molar-refractivity contribution in [1.82, 2.24) is 4.31 Å². The molecule has 0 aliphatic heterocycles. The molecule has 2 rings (SSSR count). The number of amides is 1. The van der Waals surface area contributed by atoms with Gasteiger partial charge >= 0.3 is 0 Å². The molecule has 0 saturated carbocycles. The number of aryl methyl sites for hydroxylation is 2. The number of benzene rings is 2. The smallest absolute Gasteiger partial charge is 0.243 e. The first-order chi connectivity index (χ1) is 11.2. The lowest BCUT2D eigenvalue weighted by atomic mass is 10.2. The molecule has 0 saturated heterocycles. The fourth-order valence-corrected chi connectivity index (χ4v) is 3.22. The Morgan fingerprint density at radius 3 is 2.38 bits per heavy atom. The van der Waals surface area contributed by atoms with Crippen LogP contribution in [0.2, 0.25) is 0 Å². The molecular weight excluding hydrogens is 331 g/mol. The summed E-state index contributed by atoms with van der Waals surface area (Å²) in [6, 6.07) is 10.4. The third-order valence-corrected chi connectivity index (χ3v) is 5.39. The average molecular weight is 350 g/mol. The molecule has 0 atom stereocenters. The van der Waals surface area contributed by atoms with Crippen LogP contribution >= 0.6 is 0 Å². The van der Waals surface area contributed by atoms with Gasteiger partial charge in [0.2, 0.25) is 15.9 Å². The predicted molar refractivity (Wildman–Crippen MR) is 90.8 cm³/mol. The lowest BCUT2D eigenvalue weighted by molar-refractivity contribution is -0.116. The van der Waals surface area contributed by atoms with Gasteiger partial charge in [-0.3, -0.25) is 4.79 Å². The largest absolute Gasteiger partial charge is 0.325 e. The van der Waals surface area contributed by atoms with E-state index in [-0.39, 0.29) is 11.4 Å². The zero-order valence-corrected chi connectivity index (χ0v) is 14.5. The highest BCUT2D eigenvalue weighted by Crippen LogP contribution is 2.17. The van der Waals surface area contributed by atoms with E-state index in [4.69, 9.17) is 0 Å². The van der Waals surface area contributed by atoms with E-state index < -0.39 is 21.7 Å². The average Bonchev–Trinajstić information content (AvgIpc) is 2.51. The summed E-state index contributed by atoms with van der Waals surface area (Å²) in [7, 11) is -2.44. The van der Waals surface area contributed by atoms with Crippen LogP contribution in [-0.4, -0.2) is 32.2 Å². The normalized spacial score (nSPS) is 11.5. The predicted octanol–water partition coefficient (Wildman–Crippen LogP) is 2.70. The SMILES string of the molecule is Cc1ccc(S(=O)(=O)N(C)CC(=O)Nc2cc(F)ccc2C)cc1. The second-order valence-electron chi connectivity index (χ2n) is 5.58. The van der Waals surface area contributed by atoms with Crippen molar-refractivity contribution in [3.8, 4) is 0 Å². The van der Waals surface area contributed by atoms with Gasteiger partial charge in [-0.05, 0) is 43.7 Å². The fourth-order valence-electron chi connectivity index (χ4n) is 2.10. The van der Waals surface area contributed by atoms with Gasteiger partial charge in [0.15, 0.2) is 0 Å². The van der Waals surface area contributed by atoms with Crippen LogP contribution in [0.3, 0.4) is 0 Å². The Kier molecular flexibility index (Phi) is 5.36. The Morgan fingerprint density at radius 1 is 1.12 bits per heavy atom. The Bertz CT molecular complexity index is 849. The van der Waals surface area contributed by atoms with Crippen LogP contribution in [0.4, 0.5) is 10.1 Å². The summed E-state index contributed by atoms with van der Waals surface area (Å²) in [5.41, 5.74) is 1.95. The Hall–Kier alpha value is -2.25. The molecular formula is C17H19FN2O3S. The molecule has 7 heteroatoms. The molecule has 24 heavy (non-hydrogen) atoms. The third-order valence-electron chi connectivity index (χ3n) is 3.57. The first-order valence-electron chi connectivity index (χ1n) is 7.29. The molecule has 0 fully saturated rings. The highest BCUT2D eigenvalue weighted by molar-refractivity contribution is 7.89. The molecule has 128 valence electrons. The second-order valence-corrected chi connectivity index (χ2v) is 7.63. The minimum absolute atomic E-state index is 0.116. The van der Waals surface area contributed by atoms with Crippen molar-refractivity contribution in [3.05, 3.63) is 59.4 Å². The maximum absolute atomic E-state index is 13.2. The molecule has 0 heterocycles. The lowest BCUT2D eigenvalue weighted by Gasteiger charge is -2.17. The summed E-state index contributed by atoms with van der Waals surface area (Å²) in [5.74, 6) is -1.02. The molecule has 2 aromatic carbocycles. The summed E-state index contributed by atoms with van der Waals surface area (Å²) in [6.07, 6.45) is 0. The topological polar surface area (TPSA) is 66.5 Å². The van der Waals surface area contributed by atoms with Crippen molar-refractivity contribution >= 4 is 21.6 Å². The van der Waals surface area contributed by atoms with Gasteiger partial charge in [-0.25, -0.2) is 12.8 Å². The van der Waals surface area contributed by atoms with Gasteiger partial charge in [0, 0.05) is 12.7 Å². The zero-order valence-electron chi connectivity index (χ0n) is 13.7. The van der Waals surface area contributed by atoms with E-state index in [2.05, 4.69) is 5.32 Å². The molecule has 0 spiro atoms. The zero-order chi connectivity index (χ0) is 17.9. The van der Waals surface area contributed by atoms with Crippen LogP contribution in [0.25, 0.3) is 0 Å². The summed E-state index contributed by atoms with van der Waals surface area (Å²) in [4.78, 5) is 12.2. The number of carbonyl (C=O) groups is 1. The van der Waals surface area contributed by atoms with Crippen molar-refractivity contribution < 1.29 is 17.6 Å². The molecule has 0 bridgehead atoms. The van der Waals surface area contributed by atoms with Crippen LogP contribution in [-0.2, 0) is 14.8 Å². The molecule has 0 aromatic heterocycles. The first-order valence-corrected chi connectivity index (χ1v) is 8.73. The van der Waals surface area contributed by atoms with Gasteiger partial charge in [0.05, 0.1) is 11.4 Å². The Balaban J connectivity index is 2.10. The minimum atomic E-state index is -3.76. The lowest BCUT2D eigenvalue weighted by Crippen LogP contribution is -2.35. The highest BCUT2D eigenvalue weighted by atomic mass is 32.2. The molecule has 1 N–H and O–H groups in total. The van der Waals surface area contributed by atoms with E-state index >= 15 is 0 Å². The van der Waals surface area contributed by atoms with Crippen molar-refractivity contribution in [2.24, 2.45) is 0 Å².